The number of nitrogens with one attached hydrogen (secondary N) is 1. The maximum absolute atomic E-state index is 12.8. The first-order valence-electron chi connectivity index (χ1n) is 10.7. The number of anilines is 1. The number of rotatable bonds is 7. The molecule has 0 unspecified atom stereocenters. The van der Waals surface area contributed by atoms with Crippen LogP contribution in [0.2, 0.25) is 10.0 Å². The topological polar surface area (TPSA) is 86.1 Å². The fraction of sp³-hybridized carbons (Fsp3) is 0.200. The highest BCUT2D eigenvalue weighted by Gasteiger charge is 2.24. The lowest BCUT2D eigenvalue weighted by molar-refractivity contribution is -0.113. The summed E-state index contributed by atoms with van der Waals surface area (Å²) in [5.41, 5.74) is 4.78. The van der Waals surface area contributed by atoms with Crippen molar-refractivity contribution >= 4 is 63.2 Å². The molecule has 0 aliphatic heterocycles. The van der Waals surface area contributed by atoms with Gasteiger partial charge in [0.15, 0.2) is 11.0 Å². The molecule has 0 saturated heterocycles. The third kappa shape index (κ3) is 5.44. The highest BCUT2D eigenvalue weighted by atomic mass is 35.5. The Hall–Kier alpha value is -2.85. The maximum atomic E-state index is 12.8. The molecule has 11 heteroatoms. The van der Waals surface area contributed by atoms with Crippen LogP contribution in [0.25, 0.3) is 22.5 Å². The van der Waals surface area contributed by atoms with Crippen molar-refractivity contribution in [1.82, 2.24) is 14.8 Å². The van der Waals surface area contributed by atoms with E-state index in [0.717, 1.165) is 22.3 Å². The first kappa shape index (κ1) is 26.2. The normalized spacial score (nSPS) is 10.9. The van der Waals surface area contributed by atoms with Crippen LogP contribution in [0.15, 0.2) is 46.9 Å². The molecule has 0 fully saturated rings. The molecule has 0 aliphatic rings. The van der Waals surface area contributed by atoms with Crippen LogP contribution in [0.3, 0.4) is 0 Å². The Kier molecular flexibility index (Phi) is 8.04. The fourth-order valence-corrected chi connectivity index (χ4v) is 5.79. The molecular weight excluding hydrogens is 539 g/mol. The Balaban J connectivity index is 1.52. The summed E-state index contributed by atoms with van der Waals surface area (Å²) in [5.74, 6) is -0.164. The van der Waals surface area contributed by atoms with Gasteiger partial charge >= 0.3 is 5.97 Å². The predicted octanol–water partition coefficient (Wildman–Crippen LogP) is 6.65. The molecule has 186 valence electrons. The van der Waals surface area contributed by atoms with Crippen molar-refractivity contribution in [1.29, 1.82) is 0 Å². The number of carbonyl (C=O) groups excluding carboxylic acids is 2. The van der Waals surface area contributed by atoms with Crippen LogP contribution in [0.1, 0.15) is 21.5 Å². The predicted molar refractivity (Wildman–Crippen MR) is 146 cm³/mol. The number of ether oxygens (including phenoxy) is 1. The second-order valence-corrected chi connectivity index (χ2v) is 10.7. The van der Waals surface area contributed by atoms with Crippen molar-refractivity contribution in [2.24, 2.45) is 7.05 Å². The number of thioether (sulfide) groups is 1. The van der Waals surface area contributed by atoms with Gasteiger partial charge in [0, 0.05) is 28.6 Å². The molecule has 2 aromatic heterocycles. The minimum atomic E-state index is -0.507. The monoisotopic (exact) mass is 560 g/mol. The summed E-state index contributed by atoms with van der Waals surface area (Å²) in [5, 5.41) is 15.1. The van der Waals surface area contributed by atoms with E-state index in [1.54, 1.807) is 29.8 Å². The summed E-state index contributed by atoms with van der Waals surface area (Å²) in [6, 6.07) is 11.2. The molecule has 0 radical (unpaired) electrons. The zero-order chi connectivity index (χ0) is 26.0. The SMILES string of the molecule is COC(=O)c1c(-c2cc(C)ccc2C)csc1NC(=O)CSc1nnc(-c2ccc(Cl)cc2Cl)n1C. The second kappa shape index (κ2) is 11.0. The minimum absolute atomic E-state index is 0.0671. The average Bonchev–Trinajstić information content (AvgIpc) is 3.42. The highest BCUT2D eigenvalue weighted by molar-refractivity contribution is 7.99. The Morgan fingerprint density at radius 1 is 1.08 bits per heavy atom. The van der Waals surface area contributed by atoms with Crippen LogP contribution in [-0.2, 0) is 16.6 Å². The third-order valence-electron chi connectivity index (χ3n) is 5.46. The van der Waals surface area contributed by atoms with Gasteiger partial charge in [-0.05, 0) is 43.2 Å². The number of aryl methyl sites for hydroxylation is 2. The summed E-state index contributed by atoms with van der Waals surface area (Å²) in [4.78, 5) is 25.5. The number of amides is 1. The standard InChI is InChI=1S/C25H22Cl2N4O3S2/c1-13-5-6-14(2)17(9-13)18-11-35-23(21(18)24(33)34-4)28-20(32)12-36-25-30-29-22(31(25)3)16-8-7-15(26)10-19(16)27/h5-11H,12H2,1-4H3,(H,28,32). The van der Waals surface area contributed by atoms with Gasteiger partial charge in [-0.1, -0.05) is 58.7 Å². The van der Waals surface area contributed by atoms with Gasteiger partial charge in [0.2, 0.25) is 5.91 Å². The Morgan fingerprint density at radius 2 is 1.86 bits per heavy atom. The van der Waals surface area contributed by atoms with E-state index in [-0.39, 0.29) is 11.7 Å². The largest absolute Gasteiger partial charge is 0.465 e. The number of thiophene rings is 1. The zero-order valence-corrected chi connectivity index (χ0v) is 23.0. The van der Waals surface area contributed by atoms with E-state index < -0.39 is 5.97 Å². The van der Waals surface area contributed by atoms with E-state index in [1.165, 1.54) is 30.2 Å². The first-order chi connectivity index (χ1) is 17.2. The van der Waals surface area contributed by atoms with E-state index in [9.17, 15) is 9.59 Å². The molecule has 0 spiro atoms. The second-order valence-electron chi connectivity index (χ2n) is 7.99. The highest BCUT2D eigenvalue weighted by Crippen LogP contribution is 2.38. The average molecular weight is 562 g/mol. The summed E-state index contributed by atoms with van der Waals surface area (Å²) in [7, 11) is 3.12. The number of nitrogens with zero attached hydrogens (tertiary/aromatic N) is 3. The quantitative estimate of drug-likeness (QED) is 0.201. The summed E-state index contributed by atoms with van der Waals surface area (Å²) < 4.78 is 6.79. The molecule has 0 aliphatic carbocycles. The molecule has 1 amide bonds. The summed E-state index contributed by atoms with van der Waals surface area (Å²) in [6.45, 7) is 3.97. The lowest BCUT2D eigenvalue weighted by atomic mass is 9.97. The van der Waals surface area contributed by atoms with Crippen LogP contribution >= 0.6 is 46.3 Å². The number of hydrogen-bond donors (Lipinski definition) is 1. The molecule has 0 bridgehead atoms. The minimum Gasteiger partial charge on any atom is -0.465 e. The summed E-state index contributed by atoms with van der Waals surface area (Å²) in [6.07, 6.45) is 0. The molecule has 4 aromatic rings. The number of aromatic nitrogens is 3. The fourth-order valence-electron chi connectivity index (χ4n) is 3.62. The number of methoxy groups -OCH3 is 1. The van der Waals surface area contributed by atoms with Crippen molar-refractivity contribution < 1.29 is 14.3 Å². The van der Waals surface area contributed by atoms with Crippen molar-refractivity contribution in [3.8, 4) is 22.5 Å². The number of carbonyl (C=O) groups is 2. The van der Waals surface area contributed by atoms with Crippen LogP contribution < -0.4 is 5.32 Å². The number of esters is 1. The zero-order valence-electron chi connectivity index (χ0n) is 19.9. The van der Waals surface area contributed by atoms with Gasteiger partial charge in [-0.25, -0.2) is 4.79 Å². The summed E-state index contributed by atoms with van der Waals surface area (Å²) >= 11 is 14.8. The van der Waals surface area contributed by atoms with Gasteiger partial charge < -0.3 is 14.6 Å². The third-order valence-corrected chi connectivity index (χ3v) is 7.92. The van der Waals surface area contributed by atoms with Crippen molar-refractivity contribution in [3.63, 3.8) is 0 Å². The molecule has 0 atom stereocenters. The van der Waals surface area contributed by atoms with Crippen LogP contribution in [-0.4, -0.2) is 39.5 Å². The smallest absolute Gasteiger partial charge is 0.341 e. The van der Waals surface area contributed by atoms with E-state index in [1.807, 2.05) is 37.4 Å². The number of halogens is 2. The molecule has 4 rings (SSSR count). The van der Waals surface area contributed by atoms with Gasteiger partial charge in [-0.2, -0.15) is 0 Å². The van der Waals surface area contributed by atoms with Crippen molar-refractivity contribution in [2.45, 2.75) is 19.0 Å². The molecule has 0 saturated carbocycles. The van der Waals surface area contributed by atoms with E-state index in [4.69, 9.17) is 27.9 Å². The van der Waals surface area contributed by atoms with Crippen molar-refractivity contribution in [2.75, 3.05) is 18.2 Å². The molecule has 2 heterocycles. The number of benzene rings is 2. The Morgan fingerprint density at radius 3 is 2.58 bits per heavy atom. The van der Waals surface area contributed by atoms with Gasteiger partial charge in [0.1, 0.15) is 10.6 Å². The lowest BCUT2D eigenvalue weighted by Gasteiger charge is -2.10. The van der Waals surface area contributed by atoms with Crippen LogP contribution in [0.5, 0.6) is 0 Å². The van der Waals surface area contributed by atoms with E-state index in [2.05, 4.69) is 15.5 Å². The van der Waals surface area contributed by atoms with Crippen molar-refractivity contribution in [3.05, 3.63) is 68.5 Å². The van der Waals surface area contributed by atoms with E-state index in [0.29, 0.717) is 37.2 Å². The van der Waals surface area contributed by atoms with Gasteiger partial charge in [0.05, 0.1) is 17.9 Å². The first-order valence-corrected chi connectivity index (χ1v) is 13.4. The van der Waals surface area contributed by atoms with Gasteiger partial charge in [0.25, 0.3) is 0 Å². The maximum Gasteiger partial charge on any atom is 0.341 e. The molecule has 1 N–H and O–H groups in total. The van der Waals surface area contributed by atoms with Gasteiger partial charge in [-0.15, -0.1) is 21.5 Å². The van der Waals surface area contributed by atoms with Crippen LogP contribution in [0.4, 0.5) is 5.00 Å². The molecular formula is C25H22Cl2N4O3S2. The van der Waals surface area contributed by atoms with Crippen LogP contribution in [0, 0.1) is 13.8 Å². The van der Waals surface area contributed by atoms with E-state index >= 15 is 0 Å². The molecule has 36 heavy (non-hydrogen) atoms. The Bertz CT molecular complexity index is 1470. The lowest BCUT2D eigenvalue weighted by Crippen LogP contribution is -2.16. The van der Waals surface area contributed by atoms with Gasteiger partial charge in [-0.3, -0.25) is 4.79 Å². The number of hydrogen-bond acceptors (Lipinski definition) is 7. The Labute approximate surface area is 226 Å². The molecule has 2 aromatic carbocycles. The molecule has 7 nitrogen and oxygen atoms in total.